The Hall–Kier alpha value is -3.08. The van der Waals surface area contributed by atoms with E-state index in [1.807, 2.05) is 60.9 Å². The largest absolute Gasteiger partial charge is 0.378 e. The van der Waals surface area contributed by atoms with Gasteiger partial charge in [0.05, 0.1) is 12.4 Å². The molecule has 0 unspecified atom stereocenters. The van der Waals surface area contributed by atoms with Crippen molar-refractivity contribution in [3.05, 3.63) is 77.9 Å². The molecule has 0 radical (unpaired) electrons. The quantitative estimate of drug-likeness (QED) is 0.764. The number of aromatic nitrogens is 2. The van der Waals surface area contributed by atoms with E-state index >= 15 is 0 Å². The highest BCUT2D eigenvalue weighted by Gasteiger charge is 2.14. The topological polar surface area (TPSA) is 50.2 Å². The summed E-state index contributed by atoms with van der Waals surface area (Å²) in [5, 5.41) is 3.09. The van der Waals surface area contributed by atoms with E-state index in [1.165, 1.54) is 0 Å². The number of aryl methyl sites for hydroxylation is 1. The fourth-order valence-corrected chi connectivity index (χ4v) is 2.86. The average Bonchev–Trinajstić information content (AvgIpc) is 3.16. The normalized spacial score (nSPS) is 11.8. The lowest BCUT2D eigenvalue weighted by molar-refractivity contribution is 0.0940. The number of hydrogen-bond acceptors (Lipinski definition) is 3. The van der Waals surface area contributed by atoms with E-state index in [9.17, 15) is 4.79 Å². The number of carbonyl (C=O) groups is 1. The molecule has 1 atom stereocenters. The van der Waals surface area contributed by atoms with Gasteiger partial charge in [0.2, 0.25) is 0 Å². The predicted molar refractivity (Wildman–Crippen MR) is 105 cm³/mol. The molecule has 2 aromatic carbocycles. The van der Waals surface area contributed by atoms with E-state index in [1.54, 1.807) is 12.5 Å². The molecule has 0 fully saturated rings. The van der Waals surface area contributed by atoms with Crippen molar-refractivity contribution in [3.63, 3.8) is 0 Å². The summed E-state index contributed by atoms with van der Waals surface area (Å²) >= 11 is 0. The van der Waals surface area contributed by atoms with E-state index in [0.717, 1.165) is 22.5 Å². The van der Waals surface area contributed by atoms with Crippen molar-refractivity contribution in [1.29, 1.82) is 0 Å². The van der Waals surface area contributed by atoms with Gasteiger partial charge in [-0.2, -0.15) is 0 Å². The number of benzene rings is 2. The Balaban J connectivity index is 1.80. The van der Waals surface area contributed by atoms with Crippen LogP contribution in [0.1, 0.15) is 34.5 Å². The Labute approximate surface area is 154 Å². The Morgan fingerprint density at radius 2 is 2.00 bits per heavy atom. The van der Waals surface area contributed by atoms with Crippen molar-refractivity contribution in [2.75, 3.05) is 19.0 Å². The van der Waals surface area contributed by atoms with Crippen LogP contribution < -0.4 is 10.2 Å². The van der Waals surface area contributed by atoms with Gasteiger partial charge in [-0.3, -0.25) is 4.79 Å². The fourth-order valence-electron chi connectivity index (χ4n) is 2.86. The first-order valence-electron chi connectivity index (χ1n) is 8.63. The van der Waals surface area contributed by atoms with Gasteiger partial charge in [-0.25, -0.2) is 4.98 Å². The van der Waals surface area contributed by atoms with Crippen LogP contribution in [-0.2, 0) is 0 Å². The third-order valence-electron chi connectivity index (χ3n) is 4.49. The van der Waals surface area contributed by atoms with Crippen LogP contribution in [0, 0.1) is 6.92 Å². The highest BCUT2D eigenvalue weighted by Crippen LogP contribution is 2.21. The molecule has 1 N–H and O–H groups in total. The maximum absolute atomic E-state index is 12.6. The van der Waals surface area contributed by atoms with Crippen LogP contribution >= 0.6 is 0 Å². The lowest BCUT2D eigenvalue weighted by Gasteiger charge is -2.18. The van der Waals surface area contributed by atoms with Crippen molar-refractivity contribution in [2.24, 2.45) is 0 Å². The second-order valence-electron chi connectivity index (χ2n) is 6.66. The minimum Gasteiger partial charge on any atom is -0.378 e. The van der Waals surface area contributed by atoms with Gasteiger partial charge < -0.3 is 14.8 Å². The van der Waals surface area contributed by atoms with E-state index in [2.05, 4.69) is 35.4 Å². The van der Waals surface area contributed by atoms with Crippen molar-refractivity contribution >= 4 is 11.6 Å². The number of carbonyl (C=O) groups excluding carboxylic acids is 1. The third-order valence-corrected chi connectivity index (χ3v) is 4.49. The molecule has 3 rings (SSSR count). The maximum Gasteiger partial charge on any atom is 0.251 e. The van der Waals surface area contributed by atoms with Crippen LogP contribution in [0.2, 0.25) is 0 Å². The molecule has 1 amide bonds. The molecule has 3 aromatic rings. The van der Waals surface area contributed by atoms with Crippen molar-refractivity contribution in [3.8, 4) is 5.69 Å². The molecule has 0 aliphatic rings. The van der Waals surface area contributed by atoms with Crippen molar-refractivity contribution in [2.45, 2.75) is 19.9 Å². The summed E-state index contributed by atoms with van der Waals surface area (Å²) in [6.07, 6.45) is 5.46. The Morgan fingerprint density at radius 3 is 2.69 bits per heavy atom. The lowest BCUT2D eigenvalue weighted by atomic mass is 10.0. The number of imidazole rings is 1. The number of anilines is 1. The SMILES string of the molecule is Cc1ccc([C@H](C)NC(=O)c2cccc(N(C)C)c2)cc1-n1ccnc1. The molecule has 134 valence electrons. The van der Waals surface area contributed by atoms with Crippen LogP contribution in [0.5, 0.6) is 0 Å². The predicted octanol–water partition coefficient (Wildman–Crippen LogP) is 3.74. The average molecular weight is 348 g/mol. The first-order chi connectivity index (χ1) is 12.5. The van der Waals surface area contributed by atoms with E-state index in [0.29, 0.717) is 5.56 Å². The fraction of sp³-hybridized carbons (Fsp3) is 0.238. The van der Waals surface area contributed by atoms with Gasteiger partial charge >= 0.3 is 0 Å². The highest BCUT2D eigenvalue weighted by molar-refractivity contribution is 5.95. The van der Waals surface area contributed by atoms with Gasteiger partial charge in [0.15, 0.2) is 0 Å². The molecule has 26 heavy (non-hydrogen) atoms. The zero-order chi connectivity index (χ0) is 18.7. The molecule has 0 aliphatic carbocycles. The van der Waals surface area contributed by atoms with Gasteiger partial charge in [0.25, 0.3) is 5.91 Å². The molecule has 1 heterocycles. The maximum atomic E-state index is 12.6. The van der Waals surface area contributed by atoms with E-state index < -0.39 is 0 Å². The van der Waals surface area contributed by atoms with Crippen molar-refractivity contribution in [1.82, 2.24) is 14.9 Å². The van der Waals surface area contributed by atoms with Crippen LogP contribution in [0.25, 0.3) is 5.69 Å². The standard InChI is InChI=1S/C21H24N4O/c1-15-8-9-17(13-20(15)25-11-10-22-14-25)16(2)23-21(26)18-6-5-7-19(12-18)24(3)4/h5-14,16H,1-4H3,(H,23,26)/t16-/m0/s1. The van der Waals surface area contributed by atoms with Crippen molar-refractivity contribution < 1.29 is 4.79 Å². The minimum atomic E-state index is -0.103. The summed E-state index contributed by atoms with van der Waals surface area (Å²) in [4.78, 5) is 18.7. The van der Waals surface area contributed by atoms with Crippen LogP contribution in [-0.4, -0.2) is 29.6 Å². The monoisotopic (exact) mass is 348 g/mol. The molecule has 0 spiro atoms. The first-order valence-corrected chi connectivity index (χ1v) is 8.63. The summed E-state index contributed by atoms with van der Waals surface area (Å²) < 4.78 is 1.98. The molecule has 0 saturated heterocycles. The molecular weight excluding hydrogens is 324 g/mol. The molecule has 0 aliphatic heterocycles. The van der Waals surface area contributed by atoms with Gasteiger partial charge in [-0.15, -0.1) is 0 Å². The Morgan fingerprint density at radius 1 is 1.19 bits per heavy atom. The summed E-state index contributed by atoms with van der Waals surface area (Å²) in [7, 11) is 3.92. The minimum absolute atomic E-state index is 0.0778. The zero-order valence-electron chi connectivity index (χ0n) is 15.6. The zero-order valence-corrected chi connectivity index (χ0v) is 15.6. The van der Waals surface area contributed by atoms with Gasteiger partial charge in [-0.1, -0.05) is 18.2 Å². The Bertz CT molecular complexity index is 900. The highest BCUT2D eigenvalue weighted by atomic mass is 16.1. The second-order valence-corrected chi connectivity index (χ2v) is 6.66. The van der Waals surface area contributed by atoms with Crippen LogP contribution in [0.3, 0.4) is 0 Å². The molecule has 0 saturated carbocycles. The Kier molecular flexibility index (Phi) is 5.07. The molecule has 5 heteroatoms. The van der Waals surface area contributed by atoms with Crippen LogP contribution in [0.4, 0.5) is 5.69 Å². The summed E-state index contributed by atoms with van der Waals surface area (Å²) in [5.74, 6) is -0.0778. The van der Waals surface area contributed by atoms with E-state index in [4.69, 9.17) is 0 Å². The first kappa shape index (κ1) is 17.7. The molecule has 0 bridgehead atoms. The summed E-state index contributed by atoms with van der Waals surface area (Å²) in [6, 6.07) is 13.7. The third kappa shape index (κ3) is 3.77. The van der Waals surface area contributed by atoms with E-state index in [-0.39, 0.29) is 11.9 Å². The summed E-state index contributed by atoms with van der Waals surface area (Å²) in [5.41, 5.74) is 4.93. The smallest absolute Gasteiger partial charge is 0.251 e. The van der Waals surface area contributed by atoms with Gasteiger partial charge in [-0.05, 0) is 49.2 Å². The molecule has 1 aromatic heterocycles. The number of nitrogens with one attached hydrogen (secondary N) is 1. The number of nitrogens with zero attached hydrogens (tertiary/aromatic N) is 3. The molecule has 5 nitrogen and oxygen atoms in total. The number of rotatable bonds is 5. The second kappa shape index (κ2) is 7.44. The van der Waals surface area contributed by atoms with Gasteiger partial charge in [0.1, 0.15) is 0 Å². The number of amides is 1. The molecular formula is C21H24N4O. The van der Waals surface area contributed by atoms with Crippen LogP contribution in [0.15, 0.2) is 61.2 Å². The number of hydrogen-bond donors (Lipinski definition) is 1. The van der Waals surface area contributed by atoms with Gasteiger partial charge in [0, 0.05) is 43.4 Å². The summed E-state index contributed by atoms with van der Waals surface area (Å²) in [6.45, 7) is 4.06. The lowest BCUT2D eigenvalue weighted by Crippen LogP contribution is -2.27.